The Hall–Kier alpha value is -3.34. The number of nitro groups is 1. The zero-order valence-corrected chi connectivity index (χ0v) is 20.7. The number of hydrogen-bond donors (Lipinski definition) is 1. The van der Waals surface area contributed by atoms with Gasteiger partial charge in [0.2, 0.25) is 5.91 Å². The van der Waals surface area contributed by atoms with E-state index in [0.717, 1.165) is 24.8 Å². The van der Waals surface area contributed by atoms with Gasteiger partial charge in [0.1, 0.15) is 12.2 Å². The number of halogens is 3. The highest BCUT2D eigenvalue weighted by atomic mass is 19.4. The standard InChI is InChI=1S/C26H31F3N4O4/c1-18-15-20(16-23(26(27,28)29)25(18)33(35)36)30-19-7-9-22(10-8-19)37-17-24(34)32-13-11-31(12-14-32)21-5-3-2-4-6-21/h2-6,15-16,19,22,30H,7-14,17H2,1H3/t19-,22-. The molecular formula is C26H31F3N4O4. The van der Waals surface area contributed by atoms with Crippen molar-refractivity contribution in [2.75, 3.05) is 43.0 Å². The van der Waals surface area contributed by atoms with Gasteiger partial charge in [-0.2, -0.15) is 13.2 Å². The fraction of sp³-hybridized carbons (Fsp3) is 0.500. The van der Waals surface area contributed by atoms with Gasteiger partial charge in [0, 0.05) is 49.2 Å². The molecule has 2 fully saturated rings. The molecule has 8 nitrogen and oxygen atoms in total. The van der Waals surface area contributed by atoms with Crippen LogP contribution in [0.25, 0.3) is 0 Å². The molecule has 1 heterocycles. The maximum atomic E-state index is 13.4. The smallest absolute Gasteiger partial charge is 0.382 e. The number of anilines is 2. The second-order valence-corrected chi connectivity index (χ2v) is 9.58. The molecule has 1 amide bonds. The monoisotopic (exact) mass is 520 g/mol. The number of carbonyl (C=O) groups excluding carboxylic acids is 1. The fourth-order valence-electron chi connectivity index (χ4n) is 5.06. The van der Waals surface area contributed by atoms with Crippen LogP contribution in [0.15, 0.2) is 42.5 Å². The number of ether oxygens (including phenoxy) is 1. The molecule has 1 aliphatic carbocycles. The summed E-state index contributed by atoms with van der Waals surface area (Å²) in [5, 5.41) is 14.2. The maximum absolute atomic E-state index is 13.4. The van der Waals surface area contributed by atoms with Crippen molar-refractivity contribution >= 4 is 23.0 Å². The Labute approximate surface area is 213 Å². The van der Waals surface area contributed by atoms with Crippen LogP contribution in [0.4, 0.5) is 30.2 Å². The van der Waals surface area contributed by atoms with Crippen LogP contribution in [0.3, 0.4) is 0 Å². The van der Waals surface area contributed by atoms with E-state index in [1.807, 2.05) is 23.1 Å². The number of para-hydroxylation sites is 1. The molecule has 2 aromatic carbocycles. The molecule has 0 unspecified atom stereocenters. The van der Waals surface area contributed by atoms with Crippen LogP contribution in [0.5, 0.6) is 0 Å². The summed E-state index contributed by atoms with van der Waals surface area (Å²) in [6.07, 6.45) is -2.25. The van der Waals surface area contributed by atoms with Gasteiger partial charge in [0.05, 0.1) is 11.0 Å². The molecule has 0 spiro atoms. The summed E-state index contributed by atoms with van der Waals surface area (Å²) >= 11 is 0. The number of hydrogen-bond acceptors (Lipinski definition) is 6. The quantitative estimate of drug-likeness (QED) is 0.408. The van der Waals surface area contributed by atoms with Gasteiger partial charge in [0.15, 0.2) is 0 Å². The zero-order chi connectivity index (χ0) is 26.6. The van der Waals surface area contributed by atoms with Crippen molar-refractivity contribution in [2.24, 2.45) is 0 Å². The molecule has 2 aliphatic rings. The largest absolute Gasteiger partial charge is 0.423 e. The van der Waals surface area contributed by atoms with Crippen molar-refractivity contribution in [1.82, 2.24) is 4.90 Å². The van der Waals surface area contributed by atoms with Crippen LogP contribution in [0, 0.1) is 17.0 Å². The van der Waals surface area contributed by atoms with E-state index in [9.17, 15) is 28.1 Å². The molecule has 37 heavy (non-hydrogen) atoms. The Morgan fingerprint density at radius 3 is 2.32 bits per heavy atom. The minimum Gasteiger partial charge on any atom is -0.382 e. The molecule has 200 valence electrons. The number of aryl methyl sites for hydroxylation is 1. The summed E-state index contributed by atoms with van der Waals surface area (Å²) in [7, 11) is 0. The summed E-state index contributed by atoms with van der Waals surface area (Å²) in [6, 6.07) is 12.2. The van der Waals surface area contributed by atoms with Gasteiger partial charge in [-0.1, -0.05) is 18.2 Å². The number of amides is 1. The van der Waals surface area contributed by atoms with Gasteiger partial charge < -0.3 is 19.9 Å². The van der Waals surface area contributed by atoms with Crippen LogP contribution < -0.4 is 10.2 Å². The molecule has 1 aliphatic heterocycles. The number of alkyl halides is 3. The third-order valence-corrected chi connectivity index (χ3v) is 7.03. The van der Waals surface area contributed by atoms with E-state index in [4.69, 9.17) is 4.74 Å². The topological polar surface area (TPSA) is 88.0 Å². The minimum absolute atomic E-state index is 0.0184. The number of benzene rings is 2. The van der Waals surface area contributed by atoms with Crippen LogP contribution in [0.2, 0.25) is 0 Å². The lowest BCUT2D eigenvalue weighted by Gasteiger charge is -2.36. The van der Waals surface area contributed by atoms with Gasteiger partial charge in [0.25, 0.3) is 5.69 Å². The van der Waals surface area contributed by atoms with Gasteiger partial charge >= 0.3 is 6.18 Å². The molecule has 2 aromatic rings. The molecule has 1 saturated carbocycles. The normalized spacial score (nSPS) is 20.5. The maximum Gasteiger partial charge on any atom is 0.423 e. The zero-order valence-electron chi connectivity index (χ0n) is 20.7. The summed E-state index contributed by atoms with van der Waals surface area (Å²) in [4.78, 5) is 26.9. The lowest BCUT2D eigenvalue weighted by atomic mass is 9.92. The predicted octanol–water partition coefficient (Wildman–Crippen LogP) is 5.01. The second-order valence-electron chi connectivity index (χ2n) is 9.58. The third-order valence-electron chi connectivity index (χ3n) is 7.03. The number of carbonyl (C=O) groups is 1. The SMILES string of the molecule is Cc1cc(N[C@H]2CC[C@H](OCC(=O)N3CCN(c4ccccc4)CC3)CC2)cc(C(F)(F)F)c1[N+](=O)[O-]. The summed E-state index contributed by atoms with van der Waals surface area (Å²) in [5.74, 6) is -0.0333. The van der Waals surface area contributed by atoms with Gasteiger partial charge in [-0.25, -0.2) is 0 Å². The van der Waals surface area contributed by atoms with Crippen molar-refractivity contribution in [3.63, 3.8) is 0 Å². The lowest BCUT2D eigenvalue weighted by molar-refractivity contribution is -0.388. The van der Waals surface area contributed by atoms with E-state index < -0.39 is 22.4 Å². The summed E-state index contributed by atoms with van der Waals surface area (Å²) < 4.78 is 46.1. The Balaban J connectivity index is 1.23. The van der Waals surface area contributed by atoms with Gasteiger partial charge in [-0.05, 0) is 56.9 Å². The van der Waals surface area contributed by atoms with Crippen molar-refractivity contribution in [3.8, 4) is 0 Å². The van der Waals surface area contributed by atoms with Crippen LogP contribution in [-0.4, -0.2) is 60.7 Å². The van der Waals surface area contributed by atoms with E-state index >= 15 is 0 Å². The second kappa shape index (κ2) is 11.4. The van der Waals surface area contributed by atoms with Crippen molar-refractivity contribution in [2.45, 2.75) is 50.9 Å². The van der Waals surface area contributed by atoms with Crippen molar-refractivity contribution < 1.29 is 27.6 Å². The third kappa shape index (κ3) is 6.71. The first-order chi connectivity index (χ1) is 17.6. The Bertz CT molecular complexity index is 1100. The number of nitro benzene ring substituents is 1. The fourth-order valence-corrected chi connectivity index (χ4v) is 5.06. The number of nitrogens with one attached hydrogen (secondary N) is 1. The van der Waals surface area contributed by atoms with Crippen LogP contribution in [0.1, 0.15) is 36.8 Å². The molecule has 4 rings (SSSR count). The van der Waals surface area contributed by atoms with Gasteiger partial charge in [-0.3, -0.25) is 14.9 Å². The molecule has 0 bridgehead atoms. The average Bonchev–Trinajstić information content (AvgIpc) is 2.87. The van der Waals surface area contributed by atoms with Crippen LogP contribution >= 0.6 is 0 Å². The first kappa shape index (κ1) is 26.7. The Morgan fingerprint density at radius 1 is 1.08 bits per heavy atom. The number of piperazine rings is 1. The highest BCUT2D eigenvalue weighted by Gasteiger charge is 2.40. The first-order valence-electron chi connectivity index (χ1n) is 12.4. The molecule has 0 aromatic heterocycles. The van der Waals surface area contributed by atoms with E-state index in [2.05, 4.69) is 22.3 Å². The number of rotatable bonds is 7. The van der Waals surface area contributed by atoms with E-state index in [1.54, 1.807) is 0 Å². The number of nitrogens with zero attached hydrogens (tertiary/aromatic N) is 3. The first-order valence-corrected chi connectivity index (χ1v) is 12.4. The molecule has 0 radical (unpaired) electrons. The van der Waals surface area contributed by atoms with E-state index in [-0.39, 0.29) is 35.9 Å². The van der Waals surface area contributed by atoms with E-state index in [0.29, 0.717) is 38.8 Å². The van der Waals surface area contributed by atoms with Gasteiger partial charge in [-0.15, -0.1) is 0 Å². The predicted molar refractivity (Wildman–Crippen MR) is 134 cm³/mol. The lowest BCUT2D eigenvalue weighted by Crippen LogP contribution is -2.50. The summed E-state index contributed by atoms with van der Waals surface area (Å²) in [6.45, 7) is 4.15. The Morgan fingerprint density at radius 2 is 1.73 bits per heavy atom. The van der Waals surface area contributed by atoms with E-state index in [1.165, 1.54) is 13.0 Å². The average molecular weight is 521 g/mol. The Kier molecular flexibility index (Phi) is 8.21. The van der Waals surface area contributed by atoms with Crippen LogP contribution in [-0.2, 0) is 15.7 Å². The minimum atomic E-state index is -4.82. The van der Waals surface area contributed by atoms with Crippen molar-refractivity contribution in [3.05, 3.63) is 63.7 Å². The molecular weight excluding hydrogens is 489 g/mol. The molecule has 1 N–H and O–H groups in total. The summed E-state index contributed by atoms with van der Waals surface area (Å²) in [5.41, 5.74) is -0.844. The molecule has 0 atom stereocenters. The highest BCUT2D eigenvalue weighted by Crippen LogP contribution is 2.40. The van der Waals surface area contributed by atoms with Crippen molar-refractivity contribution in [1.29, 1.82) is 0 Å². The molecule has 1 saturated heterocycles. The highest BCUT2D eigenvalue weighted by molar-refractivity contribution is 5.77. The molecule has 11 heteroatoms.